The van der Waals surface area contributed by atoms with Gasteiger partial charge in [0.15, 0.2) is 0 Å². The van der Waals surface area contributed by atoms with Gasteiger partial charge in [0, 0.05) is 13.0 Å². The van der Waals surface area contributed by atoms with Crippen LogP contribution in [0.15, 0.2) is 0 Å². The Balaban J connectivity index is 2.18. The Hall–Kier alpha value is -0.570. The van der Waals surface area contributed by atoms with Gasteiger partial charge in [-0.2, -0.15) is 0 Å². The fourth-order valence-corrected chi connectivity index (χ4v) is 2.64. The Labute approximate surface area is 105 Å². The summed E-state index contributed by atoms with van der Waals surface area (Å²) in [5, 5.41) is 12.8. The molecule has 3 nitrogen and oxygen atoms in total. The average Bonchev–Trinajstić information content (AvgIpc) is 2.86. The van der Waals surface area contributed by atoms with Crippen molar-refractivity contribution in [3.8, 4) is 0 Å². The Morgan fingerprint density at radius 1 is 1.29 bits per heavy atom. The molecule has 0 aromatic heterocycles. The van der Waals surface area contributed by atoms with Crippen LogP contribution in [0.25, 0.3) is 0 Å². The Morgan fingerprint density at radius 2 is 1.88 bits per heavy atom. The molecule has 1 saturated carbocycles. The molecule has 0 aliphatic heterocycles. The van der Waals surface area contributed by atoms with Crippen LogP contribution in [0.2, 0.25) is 0 Å². The van der Waals surface area contributed by atoms with Gasteiger partial charge in [0.05, 0.1) is 6.10 Å². The van der Waals surface area contributed by atoms with Crippen LogP contribution >= 0.6 is 0 Å². The molecule has 1 amide bonds. The molecular formula is C14H27NO2. The smallest absolute Gasteiger partial charge is 0.220 e. The average molecular weight is 241 g/mol. The van der Waals surface area contributed by atoms with Crippen molar-refractivity contribution >= 4 is 5.91 Å². The van der Waals surface area contributed by atoms with Gasteiger partial charge in [-0.3, -0.25) is 4.79 Å². The molecule has 0 aromatic rings. The maximum absolute atomic E-state index is 11.7. The van der Waals surface area contributed by atoms with E-state index in [1.807, 2.05) is 0 Å². The standard InChI is InChI=1S/C14H27NO2/c1-3-11(4-2)9-14(17)15-10-13(16)12-7-5-6-8-12/h11-13,16H,3-10H2,1-2H3,(H,15,17). The lowest BCUT2D eigenvalue weighted by atomic mass is 9.98. The fraction of sp³-hybridized carbons (Fsp3) is 0.929. The lowest BCUT2D eigenvalue weighted by Crippen LogP contribution is -2.36. The van der Waals surface area contributed by atoms with Gasteiger partial charge >= 0.3 is 0 Å². The molecule has 1 rings (SSSR count). The van der Waals surface area contributed by atoms with Gasteiger partial charge in [-0.1, -0.05) is 39.5 Å². The third kappa shape index (κ3) is 5.07. The zero-order chi connectivity index (χ0) is 12.7. The van der Waals surface area contributed by atoms with E-state index >= 15 is 0 Å². The van der Waals surface area contributed by atoms with E-state index in [0.29, 0.717) is 24.8 Å². The van der Waals surface area contributed by atoms with Crippen LogP contribution in [0.3, 0.4) is 0 Å². The van der Waals surface area contributed by atoms with Crippen LogP contribution in [0.1, 0.15) is 58.8 Å². The third-order valence-corrected chi connectivity index (χ3v) is 4.08. The summed E-state index contributed by atoms with van der Waals surface area (Å²) in [5.74, 6) is 0.984. The molecule has 100 valence electrons. The summed E-state index contributed by atoms with van der Waals surface area (Å²) in [7, 11) is 0. The molecular weight excluding hydrogens is 214 g/mol. The number of carbonyl (C=O) groups is 1. The van der Waals surface area contributed by atoms with E-state index in [-0.39, 0.29) is 12.0 Å². The SMILES string of the molecule is CCC(CC)CC(=O)NCC(O)C1CCCC1. The third-order valence-electron chi connectivity index (χ3n) is 4.08. The van der Waals surface area contributed by atoms with Crippen LogP contribution < -0.4 is 5.32 Å². The largest absolute Gasteiger partial charge is 0.391 e. The molecule has 0 heterocycles. The van der Waals surface area contributed by atoms with E-state index in [1.54, 1.807) is 0 Å². The summed E-state index contributed by atoms with van der Waals surface area (Å²) < 4.78 is 0. The fourth-order valence-electron chi connectivity index (χ4n) is 2.64. The number of amides is 1. The summed E-state index contributed by atoms with van der Waals surface area (Å²) in [6.45, 7) is 4.67. The highest BCUT2D eigenvalue weighted by molar-refractivity contribution is 5.76. The van der Waals surface area contributed by atoms with Crippen LogP contribution in [0, 0.1) is 11.8 Å². The minimum absolute atomic E-state index is 0.0933. The molecule has 0 saturated heterocycles. The van der Waals surface area contributed by atoms with Gasteiger partial charge in [-0.05, 0) is 24.7 Å². The summed E-state index contributed by atoms with van der Waals surface area (Å²) >= 11 is 0. The normalized spacial score (nSPS) is 18.6. The molecule has 1 aliphatic carbocycles. The van der Waals surface area contributed by atoms with Gasteiger partial charge in [0.1, 0.15) is 0 Å². The summed E-state index contributed by atoms with van der Waals surface area (Å²) in [4.78, 5) is 11.7. The quantitative estimate of drug-likeness (QED) is 0.719. The molecule has 0 bridgehead atoms. The zero-order valence-electron chi connectivity index (χ0n) is 11.2. The van der Waals surface area contributed by atoms with Crippen molar-refractivity contribution < 1.29 is 9.90 Å². The second-order valence-corrected chi connectivity index (χ2v) is 5.30. The first kappa shape index (κ1) is 14.5. The van der Waals surface area contributed by atoms with Gasteiger partial charge in [0.2, 0.25) is 5.91 Å². The molecule has 1 unspecified atom stereocenters. The second-order valence-electron chi connectivity index (χ2n) is 5.30. The molecule has 0 radical (unpaired) electrons. The van der Waals surface area contributed by atoms with Crippen molar-refractivity contribution in [1.82, 2.24) is 5.32 Å². The van der Waals surface area contributed by atoms with Crippen molar-refractivity contribution in [2.24, 2.45) is 11.8 Å². The van der Waals surface area contributed by atoms with E-state index in [1.165, 1.54) is 12.8 Å². The second kappa shape index (κ2) is 7.70. The van der Waals surface area contributed by atoms with Gasteiger partial charge in [-0.25, -0.2) is 0 Å². The number of hydrogen-bond donors (Lipinski definition) is 2. The minimum atomic E-state index is -0.344. The lowest BCUT2D eigenvalue weighted by Gasteiger charge is -2.19. The molecule has 17 heavy (non-hydrogen) atoms. The molecule has 1 atom stereocenters. The van der Waals surface area contributed by atoms with E-state index in [0.717, 1.165) is 25.7 Å². The Bertz CT molecular complexity index is 220. The van der Waals surface area contributed by atoms with Gasteiger partial charge < -0.3 is 10.4 Å². The van der Waals surface area contributed by atoms with E-state index in [2.05, 4.69) is 19.2 Å². The van der Waals surface area contributed by atoms with Crippen LogP contribution in [0.5, 0.6) is 0 Å². The predicted octanol–water partition coefficient (Wildman–Crippen LogP) is 2.48. The minimum Gasteiger partial charge on any atom is -0.391 e. The maximum atomic E-state index is 11.7. The van der Waals surface area contributed by atoms with Crippen LogP contribution in [0.4, 0.5) is 0 Å². The highest BCUT2D eigenvalue weighted by Gasteiger charge is 2.23. The first-order valence-corrected chi connectivity index (χ1v) is 7.12. The van der Waals surface area contributed by atoms with Crippen molar-refractivity contribution in [1.29, 1.82) is 0 Å². The van der Waals surface area contributed by atoms with Gasteiger partial charge in [-0.15, -0.1) is 0 Å². The lowest BCUT2D eigenvalue weighted by molar-refractivity contribution is -0.122. The maximum Gasteiger partial charge on any atom is 0.220 e. The zero-order valence-corrected chi connectivity index (χ0v) is 11.2. The number of carbonyl (C=O) groups excluding carboxylic acids is 1. The Kier molecular flexibility index (Phi) is 6.56. The molecule has 0 spiro atoms. The molecule has 2 N–H and O–H groups in total. The number of rotatable bonds is 7. The predicted molar refractivity (Wildman–Crippen MR) is 69.7 cm³/mol. The van der Waals surface area contributed by atoms with E-state index in [9.17, 15) is 9.90 Å². The topological polar surface area (TPSA) is 49.3 Å². The van der Waals surface area contributed by atoms with Crippen molar-refractivity contribution in [2.75, 3.05) is 6.54 Å². The molecule has 1 aliphatic rings. The van der Waals surface area contributed by atoms with Crippen molar-refractivity contribution in [3.05, 3.63) is 0 Å². The highest BCUT2D eigenvalue weighted by Crippen LogP contribution is 2.27. The number of nitrogens with one attached hydrogen (secondary N) is 1. The first-order chi connectivity index (χ1) is 8.17. The van der Waals surface area contributed by atoms with Crippen LogP contribution in [-0.4, -0.2) is 23.7 Å². The summed E-state index contributed by atoms with van der Waals surface area (Å²) in [6.07, 6.45) is 7.04. The first-order valence-electron chi connectivity index (χ1n) is 7.12. The van der Waals surface area contributed by atoms with Crippen molar-refractivity contribution in [3.63, 3.8) is 0 Å². The summed E-state index contributed by atoms with van der Waals surface area (Å²) in [6, 6.07) is 0. The monoisotopic (exact) mass is 241 g/mol. The number of hydrogen-bond acceptors (Lipinski definition) is 2. The van der Waals surface area contributed by atoms with E-state index in [4.69, 9.17) is 0 Å². The number of aliphatic hydroxyl groups is 1. The number of aliphatic hydroxyl groups excluding tert-OH is 1. The molecule has 3 heteroatoms. The summed E-state index contributed by atoms with van der Waals surface area (Å²) in [5.41, 5.74) is 0. The highest BCUT2D eigenvalue weighted by atomic mass is 16.3. The van der Waals surface area contributed by atoms with E-state index < -0.39 is 0 Å². The Morgan fingerprint density at radius 3 is 2.41 bits per heavy atom. The molecule has 0 aromatic carbocycles. The molecule has 1 fully saturated rings. The van der Waals surface area contributed by atoms with Gasteiger partial charge in [0.25, 0.3) is 0 Å². The van der Waals surface area contributed by atoms with Crippen LogP contribution in [-0.2, 0) is 4.79 Å². The van der Waals surface area contributed by atoms with Crippen molar-refractivity contribution in [2.45, 2.75) is 64.9 Å².